The van der Waals surface area contributed by atoms with E-state index in [1.165, 1.54) is 12.2 Å². The lowest BCUT2D eigenvalue weighted by molar-refractivity contribution is -0.161. The first-order chi connectivity index (χ1) is 9.17. The second-order valence-corrected chi connectivity index (χ2v) is 3.79. The molecule has 0 aromatic carbocycles. The molecule has 0 aromatic heterocycles. The van der Waals surface area contributed by atoms with E-state index in [-0.39, 0.29) is 13.2 Å². The van der Waals surface area contributed by atoms with Gasteiger partial charge in [0.2, 0.25) is 0 Å². The van der Waals surface area contributed by atoms with Gasteiger partial charge in [0.05, 0.1) is 6.07 Å². The molecular formula is C14H19NO4. The Hall–Kier alpha value is -2.09. The second-order valence-electron chi connectivity index (χ2n) is 3.79. The van der Waals surface area contributed by atoms with Crippen molar-refractivity contribution in [3.8, 4) is 6.07 Å². The third kappa shape index (κ3) is 7.77. The molecule has 5 nitrogen and oxygen atoms in total. The summed E-state index contributed by atoms with van der Waals surface area (Å²) in [4.78, 5) is 23.4. The lowest BCUT2D eigenvalue weighted by atomic mass is 10.0. The maximum absolute atomic E-state index is 11.7. The van der Waals surface area contributed by atoms with E-state index in [9.17, 15) is 9.59 Å². The van der Waals surface area contributed by atoms with Crippen LogP contribution in [0.15, 0.2) is 25.3 Å². The fourth-order valence-corrected chi connectivity index (χ4v) is 1.37. The van der Waals surface area contributed by atoms with Crippen LogP contribution in [0.2, 0.25) is 0 Å². The van der Waals surface area contributed by atoms with E-state index in [1.54, 1.807) is 0 Å². The molecule has 0 aliphatic carbocycles. The smallest absolute Gasteiger partial charge is 0.320 e. The summed E-state index contributed by atoms with van der Waals surface area (Å²) in [6.45, 7) is 6.98. The topological polar surface area (TPSA) is 76.4 Å². The molecule has 0 radical (unpaired) electrons. The summed E-state index contributed by atoms with van der Waals surface area (Å²) < 4.78 is 9.73. The van der Waals surface area contributed by atoms with Gasteiger partial charge in [0.1, 0.15) is 13.2 Å². The van der Waals surface area contributed by atoms with E-state index >= 15 is 0 Å². The predicted molar refractivity (Wildman–Crippen MR) is 69.9 cm³/mol. The molecule has 0 rings (SSSR count). The number of rotatable bonds is 10. The minimum atomic E-state index is -0.946. The zero-order valence-electron chi connectivity index (χ0n) is 11.0. The Morgan fingerprint density at radius 1 is 1.11 bits per heavy atom. The number of esters is 2. The number of carbonyl (C=O) groups is 2. The van der Waals surface area contributed by atoms with Gasteiger partial charge in [-0.3, -0.25) is 9.59 Å². The predicted octanol–water partition coefficient (Wildman–Crippen LogP) is 2.14. The molecule has 0 amide bonds. The first-order valence-corrected chi connectivity index (χ1v) is 6.09. The van der Waals surface area contributed by atoms with Crippen molar-refractivity contribution < 1.29 is 19.1 Å². The molecule has 0 bridgehead atoms. The number of ether oxygens (including phenoxy) is 2. The third-order valence-electron chi connectivity index (χ3n) is 2.29. The van der Waals surface area contributed by atoms with Crippen molar-refractivity contribution in [1.29, 1.82) is 5.26 Å². The van der Waals surface area contributed by atoms with Gasteiger partial charge in [-0.25, -0.2) is 0 Å². The van der Waals surface area contributed by atoms with Gasteiger partial charge >= 0.3 is 11.9 Å². The first kappa shape index (κ1) is 16.9. The van der Waals surface area contributed by atoms with E-state index in [1.807, 2.05) is 6.07 Å². The highest BCUT2D eigenvalue weighted by Gasteiger charge is 2.28. The van der Waals surface area contributed by atoms with Crippen LogP contribution in [0, 0.1) is 17.2 Å². The van der Waals surface area contributed by atoms with Gasteiger partial charge in [0.15, 0.2) is 5.92 Å². The minimum Gasteiger partial charge on any atom is -0.461 e. The van der Waals surface area contributed by atoms with E-state index in [0.717, 1.165) is 0 Å². The minimum absolute atomic E-state index is 0.0578. The zero-order chi connectivity index (χ0) is 14.5. The van der Waals surface area contributed by atoms with Crippen molar-refractivity contribution in [2.24, 2.45) is 5.92 Å². The Morgan fingerprint density at radius 2 is 1.63 bits per heavy atom. The van der Waals surface area contributed by atoms with Gasteiger partial charge in [0, 0.05) is 6.42 Å². The Labute approximate surface area is 113 Å². The first-order valence-electron chi connectivity index (χ1n) is 6.09. The number of nitriles is 1. The number of hydrogen-bond acceptors (Lipinski definition) is 5. The number of hydrogen-bond donors (Lipinski definition) is 0. The Kier molecular flexibility index (Phi) is 9.81. The number of carbonyl (C=O) groups excluding carboxylic acids is 2. The SMILES string of the molecule is C=CCOC(=O)C(CCCCC#N)C(=O)OCC=C. The Balaban J connectivity index is 4.39. The Bertz CT molecular complexity index is 333. The maximum Gasteiger partial charge on any atom is 0.320 e. The summed E-state index contributed by atoms with van der Waals surface area (Å²) in [5.41, 5.74) is 0. The van der Waals surface area contributed by atoms with Crippen molar-refractivity contribution in [2.45, 2.75) is 25.7 Å². The molecule has 0 heterocycles. The molecule has 0 N–H and O–H groups in total. The van der Waals surface area contributed by atoms with Crippen LogP contribution in [-0.4, -0.2) is 25.2 Å². The lowest BCUT2D eigenvalue weighted by Gasteiger charge is -2.13. The maximum atomic E-state index is 11.7. The zero-order valence-corrected chi connectivity index (χ0v) is 11.0. The molecule has 5 heteroatoms. The molecule has 104 valence electrons. The highest BCUT2D eigenvalue weighted by molar-refractivity contribution is 5.94. The fourth-order valence-electron chi connectivity index (χ4n) is 1.37. The van der Waals surface area contributed by atoms with E-state index in [2.05, 4.69) is 13.2 Å². The Morgan fingerprint density at radius 3 is 2.05 bits per heavy atom. The van der Waals surface area contributed by atoms with Crippen LogP contribution >= 0.6 is 0 Å². The van der Waals surface area contributed by atoms with Gasteiger partial charge in [-0.2, -0.15) is 5.26 Å². The van der Waals surface area contributed by atoms with E-state index < -0.39 is 17.9 Å². The highest BCUT2D eigenvalue weighted by atomic mass is 16.6. The average molecular weight is 265 g/mol. The normalized spacial score (nSPS) is 9.47. The van der Waals surface area contributed by atoms with Gasteiger partial charge in [0.25, 0.3) is 0 Å². The highest BCUT2D eigenvalue weighted by Crippen LogP contribution is 2.14. The summed E-state index contributed by atoms with van der Waals surface area (Å²) in [7, 11) is 0. The van der Waals surface area contributed by atoms with Gasteiger partial charge in [-0.15, -0.1) is 0 Å². The van der Waals surface area contributed by atoms with Crippen molar-refractivity contribution in [1.82, 2.24) is 0 Å². The molecule has 0 unspecified atom stereocenters. The lowest BCUT2D eigenvalue weighted by Crippen LogP contribution is -2.28. The molecular weight excluding hydrogens is 246 g/mol. The van der Waals surface area contributed by atoms with Gasteiger partial charge < -0.3 is 9.47 Å². The van der Waals surface area contributed by atoms with Crippen LogP contribution in [0.25, 0.3) is 0 Å². The molecule has 19 heavy (non-hydrogen) atoms. The second kappa shape index (κ2) is 11.0. The van der Waals surface area contributed by atoms with Crippen LogP contribution in [-0.2, 0) is 19.1 Å². The van der Waals surface area contributed by atoms with Crippen molar-refractivity contribution in [3.05, 3.63) is 25.3 Å². The van der Waals surface area contributed by atoms with Crippen LogP contribution < -0.4 is 0 Å². The van der Waals surface area contributed by atoms with Gasteiger partial charge in [-0.1, -0.05) is 31.7 Å². The van der Waals surface area contributed by atoms with Crippen molar-refractivity contribution in [3.63, 3.8) is 0 Å². The molecule has 0 saturated heterocycles. The largest absolute Gasteiger partial charge is 0.461 e. The summed E-state index contributed by atoms with van der Waals surface area (Å²) in [6.07, 6.45) is 4.80. The van der Waals surface area contributed by atoms with Crippen LogP contribution in [0.4, 0.5) is 0 Å². The number of unbranched alkanes of at least 4 members (excludes halogenated alkanes) is 2. The van der Waals surface area contributed by atoms with Crippen LogP contribution in [0.3, 0.4) is 0 Å². The monoisotopic (exact) mass is 265 g/mol. The average Bonchev–Trinajstić information content (AvgIpc) is 2.42. The summed E-state index contributed by atoms with van der Waals surface area (Å²) in [5.74, 6) is -2.18. The number of nitrogens with zero attached hydrogens (tertiary/aromatic N) is 1. The van der Waals surface area contributed by atoms with Gasteiger partial charge in [-0.05, 0) is 12.8 Å². The molecule has 0 aliphatic heterocycles. The molecule has 0 aromatic rings. The quantitative estimate of drug-likeness (QED) is 0.262. The van der Waals surface area contributed by atoms with E-state index in [4.69, 9.17) is 14.7 Å². The summed E-state index contributed by atoms with van der Waals surface area (Å²) in [5, 5.41) is 8.43. The van der Waals surface area contributed by atoms with Crippen LogP contribution in [0.1, 0.15) is 25.7 Å². The third-order valence-corrected chi connectivity index (χ3v) is 2.29. The molecule has 0 atom stereocenters. The standard InChI is InChI=1S/C14H19NO4/c1-3-10-18-13(16)12(8-6-5-7-9-15)14(17)19-11-4-2/h3-4,12H,1-2,5-8,10-11H2. The summed E-state index contributed by atoms with van der Waals surface area (Å²) >= 11 is 0. The van der Waals surface area contributed by atoms with E-state index in [0.29, 0.717) is 25.7 Å². The fraction of sp³-hybridized carbons (Fsp3) is 0.500. The molecule has 0 fully saturated rings. The molecule has 0 spiro atoms. The molecule has 0 saturated carbocycles. The molecule has 0 aliphatic rings. The van der Waals surface area contributed by atoms with Crippen LogP contribution in [0.5, 0.6) is 0 Å². The van der Waals surface area contributed by atoms with Crippen molar-refractivity contribution in [2.75, 3.05) is 13.2 Å². The van der Waals surface area contributed by atoms with Crippen molar-refractivity contribution >= 4 is 11.9 Å². The summed E-state index contributed by atoms with van der Waals surface area (Å²) in [6, 6.07) is 2.01.